The molecule has 1 aliphatic rings. The van der Waals surface area contributed by atoms with E-state index in [1.165, 1.54) is 0 Å². The Bertz CT molecular complexity index is 550. The van der Waals surface area contributed by atoms with Crippen LogP contribution in [0, 0.1) is 0 Å². The van der Waals surface area contributed by atoms with Crippen LogP contribution in [0.2, 0.25) is 0 Å². The molecule has 1 aromatic rings. The molecule has 0 aromatic heterocycles. The molecular weight excluding hydrogens is 291 g/mol. The normalized spacial score (nSPS) is 20.7. The van der Waals surface area contributed by atoms with Gasteiger partial charge in [0.25, 0.3) is 0 Å². The van der Waals surface area contributed by atoms with E-state index in [4.69, 9.17) is 14.0 Å². The highest BCUT2D eigenvalue weighted by Crippen LogP contribution is 2.36. The first kappa shape index (κ1) is 17.8. The van der Waals surface area contributed by atoms with Gasteiger partial charge < -0.3 is 14.0 Å². The molecule has 5 heteroatoms. The third-order valence-electron chi connectivity index (χ3n) is 4.35. The van der Waals surface area contributed by atoms with Gasteiger partial charge in [0.1, 0.15) is 6.10 Å². The number of hydrogen-bond donors (Lipinski definition) is 0. The van der Waals surface area contributed by atoms with Crippen molar-refractivity contribution in [3.8, 4) is 0 Å². The second kappa shape index (κ2) is 6.89. The summed E-state index contributed by atoms with van der Waals surface area (Å²) in [6.45, 7) is 9.95. The predicted molar refractivity (Wildman–Crippen MR) is 91.2 cm³/mol. The number of hydrogen-bond acceptors (Lipinski definition) is 4. The molecule has 1 atom stereocenters. The summed E-state index contributed by atoms with van der Waals surface area (Å²) < 4.78 is 17.2. The summed E-state index contributed by atoms with van der Waals surface area (Å²) in [5.41, 5.74) is -0.116. The molecule has 2 rings (SSSR count). The van der Waals surface area contributed by atoms with E-state index in [1.807, 2.05) is 64.9 Å². The molecule has 124 valence electrons. The van der Waals surface area contributed by atoms with Crippen molar-refractivity contribution in [1.82, 2.24) is 0 Å². The zero-order valence-electron chi connectivity index (χ0n) is 14.5. The SMILES string of the molecule is CC(C/C=C\B1OC(C)(C)C(C)(C)O1)OC(=O)c1ccccc1. The van der Waals surface area contributed by atoms with Crippen LogP contribution in [0.1, 0.15) is 51.4 Å². The lowest BCUT2D eigenvalue weighted by atomic mass is 9.89. The van der Waals surface area contributed by atoms with Crippen LogP contribution in [-0.4, -0.2) is 30.4 Å². The Morgan fingerprint density at radius 2 is 1.74 bits per heavy atom. The van der Waals surface area contributed by atoms with Crippen molar-refractivity contribution in [3.05, 3.63) is 47.9 Å². The first-order valence-corrected chi connectivity index (χ1v) is 7.99. The quantitative estimate of drug-likeness (QED) is 0.612. The van der Waals surface area contributed by atoms with Crippen LogP contribution >= 0.6 is 0 Å². The molecule has 1 aliphatic heterocycles. The van der Waals surface area contributed by atoms with E-state index in [2.05, 4.69) is 0 Å². The van der Waals surface area contributed by atoms with Crippen LogP contribution in [-0.2, 0) is 14.0 Å². The Morgan fingerprint density at radius 1 is 1.17 bits per heavy atom. The second-order valence-corrected chi connectivity index (χ2v) is 6.87. The summed E-state index contributed by atoms with van der Waals surface area (Å²) in [5, 5.41) is 0. The third kappa shape index (κ3) is 4.46. The fraction of sp³-hybridized carbons (Fsp3) is 0.500. The average Bonchev–Trinajstić information content (AvgIpc) is 2.67. The van der Waals surface area contributed by atoms with E-state index in [0.717, 1.165) is 0 Å². The van der Waals surface area contributed by atoms with Gasteiger partial charge in [0.2, 0.25) is 0 Å². The van der Waals surface area contributed by atoms with Crippen molar-refractivity contribution in [3.63, 3.8) is 0 Å². The van der Waals surface area contributed by atoms with Crippen molar-refractivity contribution in [1.29, 1.82) is 0 Å². The number of carbonyl (C=O) groups is 1. The molecular formula is C18H25BO4. The summed E-state index contributed by atoms with van der Waals surface area (Å²) in [6.07, 6.45) is 2.34. The Labute approximate surface area is 139 Å². The molecule has 1 heterocycles. The van der Waals surface area contributed by atoms with Gasteiger partial charge in [-0.25, -0.2) is 4.79 Å². The maximum absolute atomic E-state index is 11.9. The minimum atomic E-state index is -0.364. The molecule has 1 unspecified atom stereocenters. The highest BCUT2D eigenvalue weighted by Gasteiger charge is 2.49. The fourth-order valence-electron chi connectivity index (χ4n) is 2.22. The molecule has 4 nitrogen and oxygen atoms in total. The van der Waals surface area contributed by atoms with E-state index >= 15 is 0 Å². The van der Waals surface area contributed by atoms with Crippen LogP contribution in [0.5, 0.6) is 0 Å². The Morgan fingerprint density at radius 3 is 2.30 bits per heavy atom. The smallest absolute Gasteiger partial charge is 0.459 e. The standard InChI is InChI=1S/C18H25BO4/c1-14(21-16(20)15-11-7-6-8-12-15)10-9-13-19-22-17(2,3)18(4,5)23-19/h6-9,11-14H,10H2,1-5H3/b13-9-. The summed E-state index contributed by atoms with van der Waals surface area (Å²) in [6, 6.07) is 9.00. The van der Waals surface area contributed by atoms with Crippen molar-refractivity contribution in [2.45, 2.75) is 58.3 Å². The maximum atomic E-state index is 11.9. The molecule has 1 fully saturated rings. The Hall–Kier alpha value is -1.59. The van der Waals surface area contributed by atoms with E-state index < -0.39 is 0 Å². The molecule has 1 saturated heterocycles. The molecule has 0 spiro atoms. The van der Waals surface area contributed by atoms with E-state index in [0.29, 0.717) is 12.0 Å². The van der Waals surface area contributed by atoms with Gasteiger partial charge in [0.15, 0.2) is 0 Å². The molecule has 0 radical (unpaired) electrons. The van der Waals surface area contributed by atoms with Crippen LogP contribution in [0.15, 0.2) is 42.4 Å². The minimum absolute atomic E-state index is 0.207. The fourth-order valence-corrected chi connectivity index (χ4v) is 2.22. The lowest BCUT2D eigenvalue weighted by Gasteiger charge is -2.32. The van der Waals surface area contributed by atoms with Gasteiger partial charge in [-0.15, -0.1) is 0 Å². The monoisotopic (exact) mass is 316 g/mol. The number of benzene rings is 1. The first-order valence-electron chi connectivity index (χ1n) is 7.99. The molecule has 0 N–H and O–H groups in total. The molecule has 23 heavy (non-hydrogen) atoms. The molecule has 0 saturated carbocycles. The summed E-state index contributed by atoms with van der Waals surface area (Å²) in [7, 11) is -0.364. The maximum Gasteiger partial charge on any atom is 0.486 e. The van der Waals surface area contributed by atoms with Gasteiger partial charge in [-0.2, -0.15) is 0 Å². The van der Waals surface area contributed by atoms with Crippen molar-refractivity contribution < 1.29 is 18.8 Å². The minimum Gasteiger partial charge on any atom is -0.459 e. The molecule has 1 aromatic carbocycles. The van der Waals surface area contributed by atoms with Gasteiger partial charge in [0.05, 0.1) is 16.8 Å². The van der Waals surface area contributed by atoms with Crippen LogP contribution < -0.4 is 0 Å². The summed E-state index contributed by atoms with van der Waals surface area (Å²) >= 11 is 0. The van der Waals surface area contributed by atoms with E-state index in [9.17, 15) is 4.79 Å². The van der Waals surface area contributed by atoms with Crippen molar-refractivity contribution in [2.75, 3.05) is 0 Å². The average molecular weight is 316 g/mol. The van der Waals surface area contributed by atoms with Gasteiger partial charge >= 0.3 is 13.1 Å². The highest BCUT2D eigenvalue weighted by atomic mass is 16.7. The Balaban J connectivity index is 1.81. The van der Waals surface area contributed by atoms with Crippen LogP contribution in [0.3, 0.4) is 0 Å². The van der Waals surface area contributed by atoms with Crippen molar-refractivity contribution in [2.24, 2.45) is 0 Å². The van der Waals surface area contributed by atoms with Crippen LogP contribution in [0.25, 0.3) is 0 Å². The van der Waals surface area contributed by atoms with E-state index in [-0.39, 0.29) is 30.4 Å². The number of rotatable bonds is 5. The number of carbonyl (C=O) groups excluding carboxylic acids is 1. The summed E-state index contributed by atoms with van der Waals surface area (Å²) in [5.74, 6) is 1.57. The largest absolute Gasteiger partial charge is 0.486 e. The number of ether oxygens (including phenoxy) is 1. The second-order valence-electron chi connectivity index (χ2n) is 6.87. The molecule has 0 aliphatic carbocycles. The van der Waals surface area contributed by atoms with Gasteiger partial charge in [-0.05, 0) is 46.8 Å². The molecule has 0 amide bonds. The third-order valence-corrected chi connectivity index (χ3v) is 4.35. The Kier molecular flexibility index (Phi) is 5.32. The molecule has 0 bridgehead atoms. The van der Waals surface area contributed by atoms with Crippen molar-refractivity contribution >= 4 is 13.1 Å². The van der Waals surface area contributed by atoms with E-state index in [1.54, 1.807) is 12.1 Å². The van der Waals surface area contributed by atoms with Crippen LogP contribution in [0.4, 0.5) is 0 Å². The van der Waals surface area contributed by atoms with Gasteiger partial charge in [-0.3, -0.25) is 0 Å². The van der Waals surface area contributed by atoms with Gasteiger partial charge in [0, 0.05) is 6.42 Å². The zero-order chi connectivity index (χ0) is 17.1. The summed E-state index contributed by atoms with van der Waals surface area (Å²) in [4.78, 5) is 11.9. The predicted octanol–water partition coefficient (Wildman–Crippen LogP) is 3.81. The topological polar surface area (TPSA) is 44.8 Å². The lowest BCUT2D eigenvalue weighted by Crippen LogP contribution is -2.41. The lowest BCUT2D eigenvalue weighted by molar-refractivity contribution is 0.00578. The van der Waals surface area contributed by atoms with Gasteiger partial charge in [-0.1, -0.05) is 30.3 Å². The zero-order valence-corrected chi connectivity index (χ0v) is 14.5. The number of esters is 1. The highest BCUT2D eigenvalue weighted by molar-refractivity contribution is 6.51. The first-order chi connectivity index (χ1) is 10.7.